The molecule has 1 fully saturated rings. The average Bonchev–Trinajstić information content (AvgIpc) is 3.02. The highest BCUT2D eigenvalue weighted by molar-refractivity contribution is 7.90. The molecule has 1 saturated heterocycles. The number of urea groups is 1. The molecule has 0 aliphatic carbocycles. The van der Waals surface area contributed by atoms with Crippen LogP contribution in [0, 0.1) is 5.82 Å². The second-order valence-electron chi connectivity index (χ2n) is 8.13. The highest BCUT2D eigenvalue weighted by atomic mass is 32.2. The van der Waals surface area contributed by atoms with Crippen molar-refractivity contribution in [2.75, 3.05) is 25.0 Å². The van der Waals surface area contributed by atoms with Crippen LogP contribution in [0.15, 0.2) is 12.1 Å². The van der Waals surface area contributed by atoms with E-state index in [1.165, 1.54) is 12.1 Å². The zero-order valence-corrected chi connectivity index (χ0v) is 18.1. The van der Waals surface area contributed by atoms with E-state index in [9.17, 15) is 30.8 Å². The number of sulfonamides is 1. The summed E-state index contributed by atoms with van der Waals surface area (Å²) in [6, 6.07) is 1.54. The van der Waals surface area contributed by atoms with Gasteiger partial charge in [-0.2, -0.15) is 13.2 Å². The van der Waals surface area contributed by atoms with E-state index in [0.717, 1.165) is 4.90 Å². The van der Waals surface area contributed by atoms with E-state index in [0.29, 0.717) is 16.8 Å². The van der Waals surface area contributed by atoms with E-state index >= 15 is 0 Å². The highest BCUT2D eigenvalue weighted by Crippen LogP contribution is 2.33. The summed E-state index contributed by atoms with van der Waals surface area (Å²) >= 11 is 0. The summed E-state index contributed by atoms with van der Waals surface area (Å²) in [7, 11) is -4.19. The van der Waals surface area contributed by atoms with Gasteiger partial charge >= 0.3 is 12.2 Å². The smallest absolute Gasteiger partial charge is 0.307 e. The number of hydrogen-bond donors (Lipinski definition) is 2. The van der Waals surface area contributed by atoms with Crippen molar-refractivity contribution in [3.05, 3.63) is 29.1 Å². The minimum absolute atomic E-state index is 0.0102. The molecule has 0 saturated carbocycles. The van der Waals surface area contributed by atoms with Crippen molar-refractivity contribution in [2.45, 2.75) is 57.4 Å². The van der Waals surface area contributed by atoms with Crippen LogP contribution in [0.5, 0.6) is 0 Å². The van der Waals surface area contributed by atoms with Gasteiger partial charge in [0, 0.05) is 12.2 Å². The quantitative estimate of drug-likeness (QED) is 0.634. The number of carbonyl (C=O) groups is 1. The lowest BCUT2D eigenvalue weighted by Crippen LogP contribution is -2.42. The molecule has 1 aliphatic heterocycles. The average molecular weight is 454 g/mol. The molecule has 1 unspecified atom stereocenters. The molecule has 1 aliphatic rings. The Morgan fingerprint density at radius 2 is 1.70 bits per heavy atom. The summed E-state index contributed by atoms with van der Waals surface area (Å²) in [4.78, 5) is 13.4. The molecule has 1 aromatic carbocycles. The molecule has 2 amide bonds. The van der Waals surface area contributed by atoms with Gasteiger partial charge in [-0.05, 0) is 48.1 Å². The van der Waals surface area contributed by atoms with Crippen molar-refractivity contribution >= 4 is 21.7 Å². The molecule has 0 aromatic heterocycles. The van der Waals surface area contributed by atoms with Crippen molar-refractivity contribution in [2.24, 2.45) is 0 Å². The van der Waals surface area contributed by atoms with Crippen LogP contribution < -0.4 is 10.0 Å². The lowest BCUT2D eigenvalue weighted by atomic mass is 9.92. The number of benzene rings is 1. The molecule has 0 bridgehead atoms. The van der Waals surface area contributed by atoms with E-state index in [4.69, 9.17) is 0 Å². The number of carbonyl (C=O) groups excluding carboxylic acids is 1. The number of hydrogen-bond acceptors (Lipinski definition) is 4. The van der Waals surface area contributed by atoms with Gasteiger partial charge in [-0.15, -0.1) is 0 Å². The molecule has 30 heavy (non-hydrogen) atoms. The lowest BCUT2D eigenvalue weighted by molar-refractivity contribution is -0.143. The van der Waals surface area contributed by atoms with Gasteiger partial charge in [0.2, 0.25) is 10.0 Å². The first-order chi connectivity index (χ1) is 13.7. The van der Waals surface area contributed by atoms with E-state index < -0.39 is 39.8 Å². The van der Waals surface area contributed by atoms with Crippen molar-refractivity contribution < 1.29 is 30.8 Å². The third kappa shape index (κ3) is 6.31. The van der Waals surface area contributed by atoms with Crippen LogP contribution in [-0.4, -0.2) is 50.4 Å². The van der Waals surface area contributed by atoms with E-state index in [-0.39, 0.29) is 31.3 Å². The number of nitrogens with zero attached hydrogens (tertiary/aromatic N) is 1. The van der Waals surface area contributed by atoms with Crippen LogP contribution in [0.4, 0.5) is 28.0 Å². The van der Waals surface area contributed by atoms with E-state index in [2.05, 4.69) is 5.32 Å². The van der Waals surface area contributed by atoms with Gasteiger partial charge in [0.1, 0.15) is 5.82 Å². The molecular formula is C19H27F4N3O3S. The third-order valence-corrected chi connectivity index (χ3v) is 6.68. The molecule has 2 rings (SSSR count). The highest BCUT2D eigenvalue weighted by Gasteiger charge is 2.39. The Morgan fingerprint density at radius 3 is 2.17 bits per heavy atom. The monoisotopic (exact) mass is 453 g/mol. The summed E-state index contributed by atoms with van der Waals surface area (Å²) < 4.78 is 78.4. The topological polar surface area (TPSA) is 78.5 Å². The van der Waals surface area contributed by atoms with Gasteiger partial charge in [-0.1, -0.05) is 27.7 Å². The van der Waals surface area contributed by atoms with Crippen LogP contribution in [0.25, 0.3) is 0 Å². The minimum atomic E-state index is -4.42. The van der Waals surface area contributed by atoms with Gasteiger partial charge in [-0.3, -0.25) is 4.90 Å². The molecule has 0 radical (unpaired) electrons. The normalized spacial score (nSPS) is 18.3. The van der Waals surface area contributed by atoms with Gasteiger partial charge in [0.15, 0.2) is 0 Å². The molecule has 170 valence electrons. The summed E-state index contributed by atoms with van der Waals surface area (Å²) in [6.45, 7) is 5.71. The van der Waals surface area contributed by atoms with Gasteiger partial charge in [0.05, 0.1) is 11.8 Å². The fourth-order valence-corrected chi connectivity index (χ4v) is 4.80. The predicted octanol–water partition coefficient (Wildman–Crippen LogP) is 4.16. The van der Waals surface area contributed by atoms with E-state index in [1.54, 1.807) is 0 Å². The maximum absolute atomic E-state index is 14.0. The van der Waals surface area contributed by atoms with Crippen LogP contribution in [0.2, 0.25) is 0 Å². The second-order valence-corrected chi connectivity index (χ2v) is 10.1. The Labute approximate surface area is 174 Å². The van der Waals surface area contributed by atoms with Crippen LogP contribution in [0.3, 0.4) is 0 Å². The van der Waals surface area contributed by atoms with Gasteiger partial charge in [-0.25, -0.2) is 22.3 Å². The van der Waals surface area contributed by atoms with Crippen LogP contribution in [0.1, 0.15) is 57.1 Å². The Balaban J connectivity index is 2.16. The van der Waals surface area contributed by atoms with Gasteiger partial charge in [0.25, 0.3) is 0 Å². The first-order valence-corrected chi connectivity index (χ1v) is 11.2. The van der Waals surface area contributed by atoms with E-state index in [1.807, 2.05) is 32.4 Å². The Kier molecular flexibility index (Phi) is 7.39. The Morgan fingerprint density at radius 1 is 1.17 bits per heavy atom. The summed E-state index contributed by atoms with van der Waals surface area (Å²) in [5.41, 5.74) is 1.37. The molecule has 1 aromatic rings. The number of rotatable bonds is 6. The standard InChI is InChI=1S/C19H27F4N3O3S/c1-11(2)15-7-13(20)8-16(12(3)4)17(15)24-18(27)25-30(28,29)14-5-6-26(9-14)10-19(21,22)23/h7-8,11-12,14H,5-6,9-10H2,1-4H3,(H2,24,25,27). The van der Waals surface area contributed by atoms with Crippen LogP contribution >= 0.6 is 0 Å². The molecule has 6 nitrogen and oxygen atoms in total. The molecule has 1 atom stereocenters. The maximum atomic E-state index is 14.0. The van der Waals surface area contributed by atoms with Crippen molar-refractivity contribution in [3.63, 3.8) is 0 Å². The Bertz CT molecular complexity index is 856. The molecule has 1 heterocycles. The largest absolute Gasteiger partial charge is 0.401 e. The van der Waals surface area contributed by atoms with Gasteiger partial charge < -0.3 is 5.32 Å². The lowest BCUT2D eigenvalue weighted by Gasteiger charge is -2.21. The summed E-state index contributed by atoms with van der Waals surface area (Å²) in [5.74, 6) is -0.747. The van der Waals surface area contributed by atoms with Crippen molar-refractivity contribution in [1.82, 2.24) is 9.62 Å². The molecule has 0 spiro atoms. The second kappa shape index (κ2) is 9.09. The predicted molar refractivity (Wildman–Crippen MR) is 107 cm³/mol. The first-order valence-electron chi connectivity index (χ1n) is 9.64. The molecule has 11 heteroatoms. The SMILES string of the molecule is CC(C)c1cc(F)cc(C(C)C)c1NC(=O)NS(=O)(=O)C1CCN(CC(F)(F)F)C1. The van der Waals surface area contributed by atoms with Crippen molar-refractivity contribution in [1.29, 1.82) is 0 Å². The maximum Gasteiger partial charge on any atom is 0.401 e. The fraction of sp³-hybridized carbons (Fsp3) is 0.632. The number of nitrogens with one attached hydrogen (secondary N) is 2. The zero-order valence-electron chi connectivity index (χ0n) is 17.3. The first kappa shape index (κ1) is 24.4. The summed E-state index contributed by atoms with van der Waals surface area (Å²) in [6.07, 6.45) is -4.43. The minimum Gasteiger partial charge on any atom is -0.307 e. The number of likely N-dealkylation sites (tertiary alicyclic amines) is 1. The van der Waals surface area contributed by atoms with Crippen LogP contribution in [-0.2, 0) is 10.0 Å². The number of halogens is 4. The van der Waals surface area contributed by atoms with Crippen molar-refractivity contribution in [3.8, 4) is 0 Å². The molecular weight excluding hydrogens is 426 g/mol. The number of amides is 2. The fourth-order valence-electron chi connectivity index (χ4n) is 3.50. The Hall–Kier alpha value is -1.88. The summed E-state index contributed by atoms with van der Waals surface area (Å²) in [5, 5.41) is 1.38. The number of anilines is 1. The third-order valence-electron chi connectivity index (χ3n) is 4.95. The zero-order chi connectivity index (χ0) is 22.9. The number of alkyl halides is 3. The molecule has 2 N–H and O–H groups in total.